The highest BCUT2D eigenvalue weighted by atomic mass is 35.5. The summed E-state index contributed by atoms with van der Waals surface area (Å²) in [6.07, 6.45) is 0.784. The number of anilines is 1. The number of nitrogens with two attached hydrogens (primary N) is 1. The van der Waals surface area contributed by atoms with Crippen LogP contribution in [0.15, 0.2) is 18.2 Å². The molecular weight excluding hydrogens is 276 g/mol. The van der Waals surface area contributed by atoms with Gasteiger partial charge in [-0.1, -0.05) is 30.7 Å². The summed E-state index contributed by atoms with van der Waals surface area (Å²) in [5.41, 5.74) is 7.06. The Hall–Kier alpha value is -1.75. The number of hydrogen-bond donors (Lipinski definition) is 2. The van der Waals surface area contributed by atoms with Gasteiger partial charge in [0.05, 0.1) is 10.7 Å². The van der Waals surface area contributed by atoms with E-state index < -0.39 is 0 Å². The molecule has 0 saturated carbocycles. The van der Waals surface area contributed by atoms with Crippen LogP contribution in [0.25, 0.3) is 0 Å². The predicted molar refractivity (Wildman–Crippen MR) is 83.5 cm³/mol. The van der Waals surface area contributed by atoms with Crippen molar-refractivity contribution in [3.8, 4) is 0 Å². The summed E-state index contributed by atoms with van der Waals surface area (Å²) >= 11 is 6.23. The number of rotatable bonds is 4. The minimum absolute atomic E-state index is 0.261. The predicted octanol–water partition coefficient (Wildman–Crippen LogP) is 3.20. The molecule has 0 spiro atoms. The molecule has 0 heterocycles. The molecule has 0 fully saturated rings. The van der Waals surface area contributed by atoms with E-state index in [9.17, 15) is 4.79 Å². The number of amides is 2. The van der Waals surface area contributed by atoms with Crippen molar-refractivity contribution in [1.29, 1.82) is 5.41 Å². The van der Waals surface area contributed by atoms with Gasteiger partial charge in [0.15, 0.2) is 5.96 Å². The molecule has 110 valence electrons. The van der Waals surface area contributed by atoms with Crippen molar-refractivity contribution in [3.05, 3.63) is 28.8 Å². The lowest BCUT2D eigenvalue weighted by atomic mass is 10.1. The first kappa shape index (κ1) is 16.3. The molecule has 0 saturated heterocycles. The molecule has 20 heavy (non-hydrogen) atoms. The molecule has 0 aliphatic heterocycles. The van der Waals surface area contributed by atoms with Gasteiger partial charge in [0.1, 0.15) is 0 Å². The average molecular weight is 297 g/mol. The van der Waals surface area contributed by atoms with Crippen LogP contribution in [0, 0.1) is 12.3 Å². The number of nitrogens with one attached hydrogen (secondary N) is 1. The Kier molecular flexibility index (Phi) is 5.82. The summed E-state index contributed by atoms with van der Waals surface area (Å²) in [5, 5.41) is 8.02. The number of benzene rings is 1. The van der Waals surface area contributed by atoms with E-state index in [0.717, 1.165) is 12.0 Å². The maximum absolute atomic E-state index is 12.6. The molecule has 0 atom stereocenters. The zero-order chi connectivity index (χ0) is 15.3. The Morgan fingerprint density at radius 2 is 2.05 bits per heavy atom. The first-order valence-electron chi connectivity index (χ1n) is 6.62. The number of carbonyl (C=O) groups is 1. The third-order valence-electron chi connectivity index (χ3n) is 2.97. The molecule has 3 N–H and O–H groups in total. The zero-order valence-electron chi connectivity index (χ0n) is 12.1. The minimum Gasteiger partial charge on any atom is -0.370 e. The van der Waals surface area contributed by atoms with Gasteiger partial charge >= 0.3 is 6.03 Å². The van der Waals surface area contributed by atoms with Crippen molar-refractivity contribution in [2.24, 2.45) is 5.73 Å². The van der Waals surface area contributed by atoms with Crippen LogP contribution < -0.4 is 10.6 Å². The molecule has 0 radical (unpaired) electrons. The third-order valence-corrected chi connectivity index (χ3v) is 3.28. The van der Waals surface area contributed by atoms with E-state index in [1.165, 1.54) is 4.90 Å². The minimum atomic E-state index is -0.321. The molecule has 1 aromatic carbocycles. The molecule has 0 aromatic heterocycles. The number of carbonyl (C=O) groups excluding carboxylic acids is 1. The molecule has 0 bridgehead atoms. The number of guanidine groups is 1. The smallest absolute Gasteiger partial charge is 0.331 e. The van der Waals surface area contributed by atoms with Crippen molar-refractivity contribution in [1.82, 2.24) is 4.90 Å². The van der Waals surface area contributed by atoms with Crippen LogP contribution in [-0.2, 0) is 0 Å². The van der Waals surface area contributed by atoms with Crippen LogP contribution in [0.3, 0.4) is 0 Å². The summed E-state index contributed by atoms with van der Waals surface area (Å²) < 4.78 is 0. The van der Waals surface area contributed by atoms with Crippen LogP contribution >= 0.6 is 11.6 Å². The molecular formula is C14H21ClN4O. The summed E-state index contributed by atoms with van der Waals surface area (Å²) in [6, 6.07) is 5.18. The third kappa shape index (κ3) is 3.42. The van der Waals surface area contributed by atoms with Gasteiger partial charge in [-0.15, -0.1) is 0 Å². The quantitative estimate of drug-likeness (QED) is 0.661. The van der Waals surface area contributed by atoms with Crippen molar-refractivity contribution in [3.63, 3.8) is 0 Å². The monoisotopic (exact) mass is 296 g/mol. The number of urea groups is 1. The van der Waals surface area contributed by atoms with Gasteiger partial charge in [0, 0.05) is 13.1 Å². The molecule has 5 nitrogen and oxygen atoms in total. The van der Waals surface area contributed by atoms with Gasteiger partial charge in [-0.05, 0) is 31.9 Å². The first-order valence-corrected chi connectivity index (χ1v) is 6.99. The maximum atomic E-state index is 12.6. The number of halogens is 1. The molecule has 1 rings (SSSR count). The summed E-state index contributed by atoms with van der Waals surface area (Å²) in [6.45, 7) is 6.53. The molecule has 0 aliphatic rings. The molecule has 2 amide bonds. The lowest BCUT2D eigenvalue weighted by Crippen LogP contribution is -2.49. The second kappa shape index (κ2) is 7.14. The van der Waals surface area contributed by atoms with Gasteiger partial charge in [-0.2, -0.15) is 0 Å². The maximum Gasteiger partial charge on any atom is 0.331 e. The molecule has 0 aliphatic carbocycles. The Bertz CT molecular complexity index is 484. The standard InChI is InChI=1S/C14H21ClN4O/c1-4-9-19(14(20)18(5-2)13(16)17)12-10(3)7-6-8-11(12)15/h6-8H,4-5,9H2,1-3H3,(H3,16,17). The summed E-state index contributed by atoms with van der Waals surface area (Å²) in [7, 11) is 0. The van der Waals surface area contributed by atoms with Crippen molar-refractivity contribution in [2.45, 2.75) is 27.2 Å². The van der Waals surface area contributed by atoms with Gasteiger partial charge in [-0.3, -0.25) is 15.2 Å². The van der Waals surface area contributed by atoms with Crippen molar-refractivity contribution < 1.29 is 4.79 Å². The Balaban J connectivity index is 3.24. The first-order chi connectivity index (χ1) is 9.43. The highest BCUT2D eigenvalue weighted by molar-refractivity contribution is 6.34. The van der Waals surface area contributed by atoms with Crippen LogP contribution in [0.2, 0.25) is 5.02 Å². The summed E-state index contributed by atoms with van der Waals surface area (Å²) in [4.78, 5) is 15.4. The largest absolute Gasteiger partial charge is 0.370 e. The molecule has 6 heteroatoms. The summed E-state index contributed by atoms with van der Waals surface area (Å²) in [5.74, 6) is -0.261. The topological polar surface area (TPSA) is 73.4 Å². The second-order valence-electron chi connectivity index (χ2n) is 4.47. The van der Waals surface area contributed by atoms with Crippen LogP contribution in [0.4, 0.5) is 10.5 Å². The van der Waals surface area contributed by atoms with E-state index >= 15 is 0 Å². The van der Waals surface area contributed by atoms with E-state index in [0.29, 0.717) is 23.8 Å². The Morgan fingerprint density at radius 1 is 1.40 bits per heavy atom. The van der Waals surface area contributed by atoms with Crippen molar-refractivity contribution in [2.75, 3.05) is 18.0 Å². The van der Waals surface area contributed by atoms with Gasteiger partial charge in [0.2, 0.25) is 0 Å². The molecule has 0 unspecified atom stereocenters. The average Bonchev–Trinajstić information content (AvgIpc) is 2.37. The van der Waals surface area contributed by atoms with E-state index in [2.05, 4.69) is 0 Å². The Morgan fingerprint density at radius 3 is 2.50 bits per heavy atom. The van der Waals surface area contributed by atoms with E-state index in [-0.39, 0.29) is 12.0 Å². The second-order valence-corrected chi connectivity index (χ2v) is 4.88. The highest BCUT2D eigenvalue weighted by Crippen LogP contribution is 2.30. The number of aryl methyl sites for hydroxylation is 1. The highest BCUT2D eigenvalue weighted by Gasteiger charge is 2.25. The van der Waals surface area contributed by atoms with Crippen LogP contribution in [-0.4, -0.2) is 30.0 Å². The lowest BCUT2D eigenvalue weighted by molar-refractivity contribution is 0.227. The van der Waals surface area contributed by atoms with Gasteiger partial charge in [0.25, 0.3) is 0 Å². The lowest BCUT2D eigenvalue weighted by Gasteiger charge is -2.30. The molecule has 1 aromatic rings. The van der Waals surface area contributed by atoms with Crippen LogP contribution in [0.1, 0.15) is 25.8 Å². The fourth-order valence-corrected chi connectivity index (χ4v) is 2.37. The van der Waals surface area contributed by atoms with E-state index in [1.54, 1.807) is 17.9 Å². The van der Waals surface area contributed by atoms with E-state index in [1.807, 2.05) is 26.0 Å². The fraction of sp³-hybridized carbons (Fsp3) is 0.429. The normalized spacial score (nSPS) is 10.2. The van der Waals surface area contributed by atoms with Crippen LogP contribution in [0.5, 0.6) is 0 Å². The SMILES string of the molecule is CCCN(C(=O)N(CC)C(=N)N)c1c(C)cccc1Cl. The number of para-hydroxylation sites is 1. The Labute approximate surface area is 124 Å². The fourth-order valence-electron chi connectivity index (χ4n) is 2.05. The van der Waals surface area contributed by atoms with Gasteiger partial charge in [-0.25, -0.2) is 4.79 Å². The van der Waals surface area contributed by atoms with Crippen molar-refractivity contribution >= 4 is 29.3 Å². The number of nitrogens with zero attached hydrogens (tertiary/aromatic N) is 2. The van der Waals surface area contributed by atoms with E-state index in [4.69, 9.17) is 22.7 Å². The zero-order valence-corrected chi connectivity index (χ0v) is 12.9. The number of hydrogen-bond acceptors (Lipinski definition) is 2. The van der Waals surface area contributed by atoms with Gasteiger partial charge < -0.3 is 5.73 Å².